The molecule has 6 heteroatoms. The van der Waals surface area contributed by atoms with Crippen LogP contribution in [-0.4, -0.2) is 39.1 Å². The van der Waals surface area contributed by atoms with Crippen molar-refractivity contribution < 1.29 is 23.5 Å². The summed E-state index contributed by atoms with van der Waals surface area (Å²) in [5.74, 6) is -0.585. The molecule has 0 aromatic rings. The molecule has 0 aromatic heterocycles. The number of rotatable bonds is 9. The summed E-state index contributed by atoms with van der Waals surface area (Å²) in [6.45, 7) is 11.9. The minimum Gasteiger partial charge on any atom is -0.433 e. The van der Waals surface area contributed by atoms with Gasteiger partial charge in [-0.2, -0.15) is 0 Å². The van der Waals surface area contributed by atoms with Gasteiger partial charge in [-0.05, 0) is 33.4 Å². The van der Waals surface area contributed by atoms with Gasteiger partial charge in [-0.1, -0.05) is 6.58 Å². The fourth-order valence-electron chi connectivity index (χ4n) is 1.47. The zero-order valence-corrected chi connectivity index (χ0v) is 12.7. The number of hydrogen-bond donors (Lipinski definition) is 1. The van der Waals surface area contributed by atoms with Crippen LogP contribution in [0.5, 0.6) is 0 Å². The van der Waals surface area contributed by atoms with Crippen molar-refractivity contribution in [3.63, 3.8) is 0 Å². The quantitative estimate of drug-likeness (QED) is 0.302. The minimum atomic E-state index is -2.26. The van der Waals surface area contributed by atoms with E-state index in [-0.39, 0.29) is 5.57 Å². The predicted molar refractivity (Wildman–Crippen MR) is 71.2 cm³/mol. The Labute approximate surface area is 110 Å². The van der Waals surface area contributed by atoms with Crippen LogP contribution in [0.2, 0.25) is 12.6 Å². The van der Waals surface area contributed by atoms with E-state index in [0.29, 0.717) is 25.7 Å². The molecule has 5 nitrogen and oxygen atoms in total. The standard InChI is InChI=1S/C12H24O5Si/c1-6-15-18(5,16-7-2)9-8-11(13)17-12(14)10(3)4/h11,13H,3,6-9H2,1-2,4-5H3. The lowest BCUT2D eigenvalue weighted by Gasteiger charge is -2.26. The van der Waals surface area contributed by atoms with Crippen molar-refractivity contribution in [3.8, 4) is 0 Å². The summed E-state index contributed by atoms with van der Waals surface area (Å²) in [4.78, 5) is 11.2. The highest BCUT2D eigenvalue weighted by molar-refractivity contribution is 6.66. The van der Waals surface area contributed by atoms with E-state index < -0.39 is 20.8 Å². The molecule has 1 atom stereocenters. The fourth-order valence-corrected chi connectivity index (χ4v) is 3.83. The van der Waals surface area contributed by atoms with Crippen molar-refractivity contribution in [2.45, 2.75) is 46.1 Å². The van der Waals surface area contributed by atoms with Gasteiger partial charge in [-0.15, -0.1) is 0 Å². The molecule has 0 saturated carbocycles. The molecule has 0 aliphatic carbocycles. The number of carbonyl (C=O) groups excluding carboxylic acids is 1. The molecule has 0 rings (SSSR count). The van der Waals surface area contributed by atoms with Crippen molar-refractivity contribution in [2.75, 3.05) is 13.2 Å². The largest absolute Gasteiger partial charge is 0.433 e. The fraction of sp³-hybridized carbons (Fsp3) is 0.750. The molecule has 0 heterocycles. The molecule has 0 fully saturated rings. The van der Waals surface area contributed by atoms with E-state index in [2.05, 4.69) is 6.58 Å². The Kier molecular flexibility index (Phi) is 8.09. The van der Waals surface area contributed by atoms with E-state index in [1.165, 1.54) is 6.92 Å². The first-order valence-corrected chi connectivity index (χ1v) is 8.69. The number of ether oxygens (including phenoxy) is 1. The Hall–Kier alpha value is -0.693. The number of hydrogen-bond acceptors (Lipinski definition) is 5. The number of aliphatic hydroxyl groups is 1. The van der Waals surface area contributed by atoms with Gasteiger partial charge in [0.25, 0.3) is 0 Å². The first kappa shape index (κ1) is 17.3. The summed E-state index contributed by atoms with van der Waals surface area (Å²) in [5, 5.41) is 9.60. The maximum Gasteiger partial charge on any atom is 0.335 e. The average Bonchev–Trinajstić information content (AvgIpc) is 2.27. The highest BCUT2D eigenvalue weighted by Gasteiger charge is 2.31. The highest BCUT2D eigenvalue weighted by atomic mass is 28.4. The number of aliphatic hydroxyl groups excluding tert-OH is 1. The molecule has 0 aromatic carbocycles. The lowest BCUT2D eigenvalue weighted by atomic mass is 10.3. The van der Waals surface area contributed by atoms with Crippen LogP contribution < -0.4 is 0 Å². The van der Waals surface area contributed by atoms with Crippen LogP contribution in [0.3, 0.4) is 0 Å². The van der Waals surface area contributed by atoms with Crippen LogP contribution in [0.4, 0.5) is 0 Å². The third-order valence-corrected chi connectivity index (χ3v) is 5.33. The first-order chi connectivity index (χ1) is 8.34. The van der Waals surface area contributed by atoms with E-state index in [4.69, 9.17) is 13.6 Å². The minimum absolute atomic E-state index is 0.267. The van der Waals surface area contributed by atoms with Gasteiger partial charge in [0.15, 0.2) is 0 Å². The lowest BCUT2D eigenvalue weighted by molar-refractivity contribution is -0.163. The van der Waals surface area contributed by atoms with Gasteiger partial charge in [0.05, 0.1) is 0 Å². The third-order valence-electron chi connectivity index (χ3n) is 2.34. The van der Waals surface area contributed by atoms with E-state index in [0.717, 1.165) is 0 Å². The second kappa shape index (κ2) is 8.42. The van der Waals surface area contributed by atoms with Crippen LogP contribution in [0.25, 0.3) is 0 Å². The molecule has 0 saturated heterocycles. The molecule has 0 spiro atoms. The van der Waals surface area contributed by atoms with E-state index in [9.17, 15) is 9.90 Å². The molecule has 0 amide bonds. The Bertz CT molecular complexity index is 274. The first-order valence-electron chi connectivity index (χ1n) is 6.17. The Morgan fingerprint density at radius 3 is 2.22 bits per heavy atom. The molecule has 0 aliphatic heterocycles. The zero-order chi connectivity index (χ0) is 14.2. The molecular formula is C12H24O5Si. The zero-order valence-electron chi connectivity index (χ0n) is 11.7. The summed E-state index contributed by atoms with van der Waals surface area (Å²) in [6.07, 6.45) is -0.830. The van der Waals surface area contributed by atoms with Crippen molar-refractivity contribution >= 4 is 14.5 Å². The van der Waals surface area contributed by atoms with Gasteiger partial charge in [0.1, 0.15) is 0 Å². The van der Waals surface area contributed by atoms with Crippen LogP contribution in [0.1, 0.15) is 27.2 Å². The highest BCUT2D eigenvalue weighted by Crippen LogP contribution is 2.18. The van der Waals surface area contributed by atoms with Crippen molar-refractivity contribution in [2.24, 2.45) is 0 Å². The number of esters is 1. The van der Waals surface area contributed by atoms with Crippen LogP contribution in [-0.2, 0) is 18.4 Å². The monoisotopic (exact) mass is 276 g/mol. The van der Waals surface area contributed by atoms with E-state index >= 15 is 0 Å². The number of carbonyl (C=O) groups is 1. The smallest absolute Gasteiger partial charge is 0.335 e. The molecule has 0 radical (unpaired) electrons. The third kappa shape index (κ3) is 6.90. The summed E-state index contributed by atoms with van der Waals surface area (Å²) in [5.41, 5.74) is 0.267. The Morgan fingerprint density at radius 2 is 1.83 bits per heavy atom. The van der Waals surface area contributed by atoms with Gasteiger partial charge >= 0.3 is 14.5 Å². The van der Waals surface area contributed by atoms with Gasteiger partial charge in [0.2, 0.25) is 6.29 Å². The molecular weight excluding hydrogens is 252 g/mol. The van der Waals surface area contributed by atoms with Crippen molar-refractivity contribution in [3.05, 3.63) is 12.2 Å². The van der Waals surface area contributed by atoms with Crippen molar-refractivity contribution in [1.82, 2.24) is 0 Å². The molecule has 18 heavy (non-hydrogen) atoms. The maximum absolute atomic E-state index is 11.2. The van der Waals surface area contributed by atoms with Gasteiger partial charge in [-0.3, -0.25) is 0 Å². The molecule has 1 N–H and O–H groups in total. The Balaban J connectivity index is 4.18. The van der Waals surface area contributed by atoms with Crippen LogP contribution in [0, 0.1) is 0 Å². The van der Waals surface area contributed by atoms with Crippen LogP contribution >= 0.6 is 0 Å². The predicted octanol–water partition coefficient (Wildman–Crippen LogP) is 1.96. The molecule has 0 aliphatic rings. The van der Waals surface area contributed by atoms with Gasteiger partial charge in [-0.25, -0.2) is 4.79 Å². The Morgan fingerprint density at radius 1 is 1.33 bits per heavy atom. The topological polar surface area (TPSA) is 65.0 Å². The average molecular weight is 276 g/mol. The van der Waals surface area contributed by atoms with Crippen LogP contribution in [0.15, 0.2) is 12.2 Å². The molecule has 0 bridgehead atoms. The summed E-state index contributed by atoms with van der Waals surface area (Å²) < 4.78 is 16.0. The molecule has 106 valence electrons. The van der Waals surface area contributed by atoms with E-state index in [1.54, 1.807) is 0 Å². The SMILES string of the molecule is C=C(C)C(=O)OC(O)CC[Si](C)(OCC)OCC. The van der Waals surface area contributed by atoms with Crippen molar-refractivity contribution in [1.29, 1.82) is 0 Å². The summed E-state index contributed by atoms with van der Waals surface area (Å²) >= 11 is 0. The normalized spacial score (nSPS) is 13.2. The second-order valence-electron chi connectivity index (χ2n) is 4.18. The maximum atomic E-state index is 11.2. The van der Waals surface area contributed by atoms with Gasteiger partial charge in [0, 0.05) is 25.2 Å². The van der Waals surface area contributed by atoms with Gasteiger partial charge < -0.3 is 18.7 Å². The molecule has 1 unspecified atom stereocenters. The second-order valence-corrected chi connectivity index (χ2v) is 7.52. The lowest BCUT2D eigenvalue weighted by Crippen LogP contribution is -2.39. The summed E-state index contributed by atoms with van der Waals surface area (Å²) in [7, 11) is -2.26. The van der Waals surface area contributed by atoms with E-state index in [1.807, 2.05) is 20.4 Å². The summed E-state index contributed by atoms with van der Waals surface area (Å²) in [6, 6.07) is 0.569.